The number of methoxy groups -OCH3 is 1. The topological polar surface area (TPSA) is 27.1 Å². The number of aromatic nitrogens is 2. The normalized spacial score (nSPS) is 11.1. The third-order valence-corrected chi connectivity index (χ3v) is 4.01. The maximum absolute atomic E-state index is 13.9. The van der Waals surface area contributed by atoms with Gasteiger partial charge in [0.15, 0.2) is 11.6 Å². The van der Waals surface area contributed by atoms with Crippen LogP contribution < -0.4 is 4.74 Å². The molecular formula is C16H14BrFN2O. The van der Waals surface area contributed by atoms with E-state index in [1.807, 2.05) is 36.7 Å². The van der Waals surface area contributed by atoms with Gasteiger partial charge in [-0.1, -0.05) is 15.9 Å². The van der Waals surface area contributed by atoms with E-state index in [0.717, 1.165) is 32.5 Å². The standard InChI is InChI=1S/C16H14BrFN2O/c1-9-6-11(17)8-13-15(9)19-16(20(13)2)10-4-5-14(21-3)12(18)7-10/h4-8H,1-3H3. The third kappa shape index (κ3) is 2.31. The van der Waals surface area contributed by atoms with Crippen molar-refractivity contribution in [2.24, 2.45) is 7.05 Å². The van der Waals surface area contributed by atoms with Crippen molar-refractivity contribution in [3.05, 3.63) is 46.2 Å². The molecule has 108 valence electrons. The zero-order chi connectivity index (χ0) is 15.1. The average molecular weight is 349 g/mol. The summed E-state index contributed by atoms with van der Waals surface area (Å²) in [4.78, 5) is 4.65. The van der Waals surface area contributed by atoms with Crippen molar-refractivity contribution in [3.63, 3.8) is 0 Å². The fraction of sp³-hybridized carbons (Fsp3) is 0.188. The minimum atomic E-state index is -0.389. The Balaban J connectivity index is 2.23. The van der Waals surface area contributed by atoms with Gasteiger partial charge in [0, 0.05) is 17.1 Å². The molecule has 3 aromatic rings. The van der Waals surface area contributed by atoms with Crippen LogP contribution in [-0.4, -0.2) is 16.7 Å². The third-order valence-electron chi connectivity index (χ3n) is 3.55. The molecule has 0 amide bonds. The van der Waals surface area contributed by atoms with Crippen molar-refractivity contribution in [1.29, 1.82) is 0 Å². The van der Waals surface area contributed by atoms with Crippen LogP contribution in [0.4, 0.5) is 4.39 Å². The second-order valence-electron chi connectivity index (χ2n) is 4.93. The van der Waals surface area contributed by atoms with Gasteiger partial charge >= 0.3 is 0 Å². The van der Waals surface area contributed by atoms with Gasteiger partial charge in [-0.25, -0.2) is 9.37 Å². The summed E-state index contributed by atoms with van der Waals surface area (Å²) in [5.41, 5.74) is 3.73. The second kappa shape index (κ2) is 5.15. The lowest BCUT2D eigenvalue weighted by molar-refractivity contribution is 0.386. The monoisotopic (exact) mass is 348 g/mol. The van der Waals surface area contributed by atoms with Gasteiger partial charge in [0.05, 0.1) is 18.1 Å². The van der Waals surface area contributed by atoms with Crippen molar-refractivity contribution in [2.45, 2.75) is 6.92 Å². The van der Waals surface area contributed by atoms with Crippen molar-refractivity contribution in [3.8, 4) is 17.1 Å². The van der Waals surface area contributed by atoms with Gasteiger partial charge < -0.3 is 9.30 Å². The molecule has 0 N–H and O–H groups in total. The molecule has 1 aromatic heterocycles. The molecule has 0 spiro atoms. The maximum Gasteiger partial charge on any atom is 0.165 e. The lowest BCUT2D eigenvalue weighted by Gasteiger charge is -2.05. The second-order valence-corrected chi connectivity index (χ2v) is 5.85. The molecule has 0 fully saturated rings. The molecule has 0 saturated carbocycles. The summed E-state index contributed by atoms with van der Waals surface area (Å²) >= 11 is 3.50. The van der Waals surface area contributed by atoms with E-state index in [4.69, 9.17) is 4.74 Å². The van der Waals surface area contributed by atoms with Crippen molar-refractivity contribution in [2.75, 3.05) is 7.11 Å². The Morgan fingerprint density at radius 2 is 2.00 bits per heavy atom. The number of nitrogens with zero attached hydrogens (tertiary/aromatic N) is 2. The van der Waals surface area contributed by atoms with Gasteiger partial charge in [0.2, 0.25) is 0 Å². The number of rotatable bonds is 2. The molecule has 0 aliphatic carbocycles. The first-order chi connectivity index (χ1) is 10.0. The first-order valence-corrected chi connectivity index (χ1v) is 7.27. The number of ether oxygens (including phenoxy) is 1. The highest BCUT2D eigenvalue weighted by atomic mass is 79.9. The molecule has 0 aliphatic heterocycles. The van der Waals surface area contributed by atoms with Crippen molar-refractivity contribution < 1.29 is 9.13 Å². The molecule has 0 saturated heterocycles. The average Bonchev–Trinajstić information content (AvgIpc) is 2.77. The summed E-state index contributed by atoms with van der Waals surface area (Å²) in [6, 6.07) is 8.91. The predicted molar refractivity (Wildman–Crippen MR) is 85.1 cm³/mol. The number of aryl methyl sites for hydroxylation is 2. The fourth-order valence-corrected chi connectivity index (χ4v) is 3.04. The maximum atomic E-state index is 13.9. The molecule has 2 aromatic carbocycles. The Bertz CT molecular complexity index is 842. The fourth-order valence-electron chi connectivity index (χ4n) is 2.48. The molecule has 0 atom stereocenters. The van der Waals surface area contributed by atoms with E-state index < -0.39 is 0 Å². The molecule has 0 radical (unpaired) electrons. The zero-order valence-corrected chi connectivity index (χ0v) is 13.5. The Labute approximate surface area is 130 Å². The Hall–Kier alpha value is -1.88. The van der Waals surface area contributed by atoms with Crippen molar-refractivity contribution in [1.82, 2.24) is 9.55 Å². The van der Waals surface area contributed by atoms with Crippen LogP contribution in [0.2, 0.25) is 0 Å². The number of benzene rings is 2. The summed E-state index contributed by atoms with van der Waals surface area (Å²) in [6.45, 7) is 2.01. The van der Waals surface area contributed by atoms with Crippen LogP contribution in [0, 0.1) is 12.7 Å². The lowest BCUT2D eigenvalue weighted by Crippen LogP contribution is -1.94. The number of fused-ring (bicyclic) bond motifs is 1. The summed E-state index contributed by atoms with van der Waals surface area (Å²) < 4.78 is 21.8. The summed E-state index contributed by atoms with van der Waals surface area (Å²) in [5.74, 6) is 0.573. The smallest absolute Gasteiger partial charge is 0.165 e. The zero-order valence-electron chi connectivity index (χ0n) is 11.9. The first kappa shape index (κ1) is 14.1. The molecule has 5 heteroatoms. The molecule has 3 nitrogen and oxygen atoms in total. The van der Waals surface area contributed by atoms with E-state index in [-0.39, 0.29) is 11.6 Å². The Kier molecular flexibility index (Phi) is 3.45. The van der Waals surface area contributed by atoms with Gasteiger partial charge in [-0.2, -0.15) is 0 Å². The molecule has 1 heterocycles. The van der Waals surface area contributed by atoms with Gasteiger partial charge in [0.25, 0.3) is 0 Å². The van der Waals surface area contributed by atoms with E-state index in [0.29, 0.717) is 0 Å². The molecule has 0 unspecified atom stereocenters. The van der Waals surface area contributed by atoms with Gasteiger partial charge in [-0.3, -0.25) is 0 Å². The Morgan fingerprint density at radius 1 is 1.24 bits per heavy atom. The summed E-state index contributed by atoms with van der Waals surface area (Å²) in [5, 5.41) is 0. The largest absolute Gasteiger partial charge is 0.494 e. The van der Waals surface area contributed by atoms with E-state index in [2.05, 4.69) is 20.9 Å². The highest BCUT2D eigenvalue weighted by Gasteiger charge is 2.14. The molecule has 0 aliphatic rings. The van der Waals surface area contributed by atoms with E-state index >= 15 is 0 Å². The quantitative estimate of drug-likeness (QED) is 0.683. The van der Waals surface area contributed by atoms with Crippen molar-refractivity contribution >= 4 is 27.0 Å². The van der Waals surface area contributed by atoms with Crippen LogP contribution in [0.5, 0.6) is 5.75 Å². The number of hydrogen-bond acceptors (Lipinski definition) is 2. The summed E-state index contributed by atoms with van der Waals surface area (Å²) in [7, 11) is 3.38. The van der Waals surface area contributed by atoms with E-state index in [9.17, 15) is 4.39 Å². The highest BCUT2D eigenvalue weighted by Crippen LogP contribution is 2.30. The van der Waals surface area contributed by atoms with E-state index in [1.165, 1.54) is 13.2 Å². The number of halogens is 2. The van der Waals surface area contributed by atoms with Crippen LogP contribution in [0.3, 0.4) is 0 Å². The van der Waals surface area contributed by atoms with Crippen LogP contribution in [0.1, 0.15) is 5.56 Å². The predicted octanol–water partition coefficient (Wildman–Crippen LogP) is 4.46. The highest BCUT2D eigenvalue weighted by molar-refractivity contribution is 9.10. The summed E-state index contributed by atoms with van der Waals surface area (Å²) in [6.07, 6.45) is 0. The van der Waals surface area contributed by atoms with Crippen LogP contribution >= 0.6 is 15.9 Å². The Morgan fingerprint density at radius 3 is 2.67 bits per heavy atom. The van der Waals surface area contributed by atoms with Crippen LogP contribution in [-0.2, 0) is 7.05 Å². The molecule has 0 bridgehead atoms. The molecule has 21 heavy (non-hydrogen) atoms. The lowest BCUT2D eigenvalue weighted by atomic mass is 10.2. The first-order valence-electron chi connectivity index (χ1n) is 6.47. The SMILES string of the molecule is COc1ccc(-c2nc3c(C)cc(Br)cc3n2C)cc1F. The number of hydrogen-bond donors (Lipinski definition) is 0. The minimum absolute atomic E-state index is 0.233. The molecule has 3 rings (SSSR count). The van der Waals surface area contributed by atoms with Crippen LogP contribution in [0.15, 0.2) is 34.8 Å². The molecular weight excluding hydrogens is 335 g/mol. The minimum Gasteiger partial charge on any atom is -0.494 e. The van der Waals surface area contributed by atoms with Gasteiger partial charge in [0.1, 0.15) is 5.82 Å². The van der Waals surface area contributed by atoms with Gasteiger partial charge in [-0.15, -0.1) is 0 Å². The van der Waals surface area contributed by atoms with Crippen LogP contribution in [0.25, 0.3) is 22.4 Å². The van der Waals surface area contributed by atoms with Gasteiger partial charge in [-0.05, 0) is 42.8 Å². The number of imidazole rings is 1. The van der Waals surface area contributed by atoms with E-state index in [1.54, 1.807) is 6.07 Å².